The lowest BCUT2D eigenvalue weighted by Gasteiger charge is -2.25. The molecule has 6 nitrogen and oxygen atoms in total. The van der Waals surface area contributed by atoms with Crippen molar-refractivity contribution in [2.24, 2.45) is 5.10 Å². The molecule has 0 atom stereocenters. The molecule has 1 N–H and O–H groups in total. The topological polar surface area (TPSA) is 78.8 Å². The van der Waals surface area contributed by atoms with Crippen LogP contribution in [0, 0.1) is 12.7 Å². The van der Waals surface area contributed by atoms with E-state index in [1.165, 1.54) is 36.4 Å². The molecule has 166 valence electrons. The van der Waals surface area contributed by atoms with Gasteiger partial charge in [0.05, 0.1) is 16.3 Å². The molecule has 0 spiro atoms. The molecule has 0 aliphatic heterocycles. The zero-order valence-electron chi connectivity index (χ0n) is 17.4. The molecule has 0 bridgehead atoms. The minimum atomic E-state index is -4.06. The van der Waals surface area contributed by atoms with E-state index in [0.717, 1.165) is 4.31 Å². The van der Waals surface area contributed by atoms with E-state index in [-0.39, 0.29) is 16.4 Å². The van der Waals surface area contributed by atoms with Crippen molar-refractivity contribution in [1.82, 2.24) is 5.43 Å². The third kappa shape index (κ3) is 5.33. The summed E-state index contributed by atoms with van der Waals surface area (Å²) in [5, 5.41) is 4.39. The summed E-state index contributed by atoms with van der Waals surface area (Å²) >= 11 is 6.20. The molecule has 3 aromatic carbocycles. The van der Waals surface area contributed by atoms with Crippen molar-refractivity contribution in [3.8, 4) is 0 Å². The van der Waals surface area contributed by atoms with E-state index in [0.29, 0.717) is 21.9 Å². The Hall–Kier alpha value is -3.23. The minimum absolute atomic E-state index is 0.0400. The van der Waals surface area contributed by atoms with Crippen LogP contribution in [-0.4, -0.2) is 26.6 Å². The van der Waals surface area contributed by atoms with E-state index in [1.54, 1.807) is 50.2 Å². The van der Waals surface area contributed by atoms with E-state index in [1.807, 2.05) is 0 Å². The molecule has 0 radical (unpaired) electrons. The fourth-order valence-electron chi connectivity index (χ4n) is 2.95. The van der Waals surface area contributed by atoms with Crippen LogP contribution in [0.1, 0.15) is 18.1 Å². The van der Waals surface area contributed by atoms with Crippen molar-refractivity contribution in [1.29, 1.82) is 0 Å². The highest BCUT2D eigenvalue weighted by Crippen LogP contribution is 2.30. The number of carbonyl (C=O) groups is 1. The van der Waals surface area contributed by atoms with E-state index in [9.17, 15) is 17.6 Å². The molecule has 0 aliphatic carbocycles. The van der Waals surface area contributed by atoms with E-state index < -0.39 is 22.5 Å². The average Bonchev–Trinajstić information content (AvgIpc) is 2.79. The van der Waals surface area contributed by atoms with E-state index >= 15 is 0 Å². The van der Waals surface area contributed by atoms with Gasteiger partial charge in [-0.2, -0.15) is 5.10 Å². The van der Waals surface area contributed by atoms with Gasteiger partial charge in [0.1, 0.15) is 12.4 Å². The summed E-state index contributed by atoms with van der Waals surface area (Å²) in [5.41, 5.74) is 4.23. The first-order valence-electron chi connectivity index (χ1n) is 9.62. The highest BCUT2D eigenvalue weighted by atomic mass is 35.5. The van der Waals surface area contributed by atoms with Crippen LogP contribution in [0.3, 0.4) is 0 Å². The summed E-state index contributed by atoms with van der Waals surface area (Å²) in [7, 11) is -4.06. The Labute approximate surface area is 191 Å². The number of anilines is 1. The van der Waals surface area contributed by atoms with Gasteiger partial charge >= 0.3 is 0 Å². The molecule has 3 rings (SSSR count). The van der Waals surface area contributed by atoms with Crippen LogP contribution >= 0.6 is 11.6 Å². The minimum Gasteiger partial charge on any atom is -0.271 e. The second-order valence-corrected chi connectivity index (χ2v) is 9.22. The zero-order valence-corrected chi connectivity index (χ0v) is 19.0. The maximum Gasteiger partial charge on any atom is 0.264 e. The molecule has 32 heavy (non-hydrogen) atoms. The fourth-order valence-corrected chi connectivity index (χ4v) is 4.62. The monoisotopic (exact) mass is 473 g/mol. The number of halogens is 2. The van der Waals surface area contributed by atoms with Gasteiger partial charge in [-0.05, 0) is 61.4 Å². The van der Waals surface area contributed by atoms with Crippen LogP contribution in [0.25, 0.3) is 0 Å². The third-order valence-electron chi connectivity index (χ3n) is 4.74. The lowest BCUT2D eigenvalue weighted by Crippen LogP contribution is -2.40. The maximum absolute atomic E-state index is 13.4. The van der Waals surface area contributed by atoms with Gasteiger partial charge in [0, 0.05) is 5.02 Å². The highest BCUT2D eigenvalue weighted by Gasteiger charge is 2.28. The predicted octanol–water partition coefficient (Wildman–Crippen LogP) is 4.52. The molecular weight excluding hydrogens is 453 g/mol. The fraction of sp³-hybridized carbons (Fsp3) is 0.130. The third-order valence-corrected chi connectivity index (χ3v) is 6.92. The lowest BCUT2D eigenvalue weighted by atomic mass is 10.1. The molecule has 0 unspecified atom stereocenters. The largest absolute Gasteiger partial charge is 0.271 e. The van der Waals surface area contributed by atoms with Gasteiger partial charge in [-0.25, -0.2) is 18.2 Å². The number of nitrogens with zero attached hydrogens (tertiary/aromatic N) is 2. The van der Waals surface area contributed by atoms with Gasteiger partial charge in [0.15, 0.2) is 0 Å². The predicted molar refractivity (Wildman–Crippen MR) is 124 cm³/mol. The summed E-state index contributed by atoms with van der Waals surface area (Å²) in [6, 6.07) is 18.3. The number of sulfonamides is 1. The molecule has 0 saturated heterocycles. The number of carbonyl (C=O) groups excluding carboxylic acids is 1. The Balaban J connectivity index is 1.90. The molecule has 0 heterocycles. The summed E-state index contributed by atoms with van der Waals surface area (Å²) in [4.78, 5) is 12.7. The van der Waals surface area contributed by atoms with E-state index in [2.05, 4.69) is 10.5 Å². The SMILES string of the molecule is C/C(=N/NC(=O)CN(c1cccc(Cl)c1C)S(=O)(=O)c1ccccc1)c1ccc(F)cc1. The first-order chi connectivity index (χ1) is 15.2. The second kappa shape index (κ2) is 9.93. The van der Waals surface area contributed by atoms with Gasteiger partial charge in [-0.1, -0.05) is 48.0 Å². The number of hydrogen-bond acceptors (Lipinski definition) is 4. The molecule has 0 fully saturated rings. The molecule has 1 amide bonds. The summed E-state index contributed by atoms with van der Waals surface area (Å²) < 4.78 is 40.8. The van der Waals surface area contributed by atoms with Crippen LogP contribution in [0.15, 0.2) is 82.8 Å². The van der Waals surface area contributed by atoms with Crippen LogP contribution in [0.5, 0.6) is 0 Å². The number of amides is 1. The van der Waals surface area contributed by atoms with Crippen molar-refractivity contribution >= 4 is 38.9 Å². The number of hydrazone groups is 1. The van der Waals surface area contributed by atoms with Gasteiger partial charge < -0.3 is 0 Å². The first-order valence-corrected chi connectivity index (χ1v) is 11.4. The molecule has 9 heteroatoms. The smallest absolute Gasteiger partial charge is 0.264 e. The Bertz CT molecular complexity index is 1250. The maximum atomic E-state index is 13.4. The van der Waals surface area contributed by atoms with Gasteiger partial charge in [0.2, 0.25) is 0 Å². The number of benzene rings is 3. The van der Waals surface area contributed by atoms with Crippen LogP contribution in [0.4, 0.5) is 10.1 Å². The summed E-state index contributed by atoms with van der Waals surface area (Å²) in [6.07, 6.45) is 0. The number of rotatable bonds is 7. The zero-order chi connectivity index (χ0) is 23.3. The lowest BCUT2D eigenvalue weighted by molar-refractivity contribution is -0.119. The van der Waals surface area contributed by atoms with Crippen molar-refractivity contribution in [3.05, 3.63) is 94.8 Å². The Morgan fingerprint density at radius 1 is 1.03 bits per heavy atom. The van der Waals surface area contributed by atoms with E-state index in [4.69, 9.17) is 11.6 Å². The van der Waals surface area contributed by atoms with Crippen molar-refractivity contribution in [2.75, 3.05) is 10.8 Å². The first kappa shape index (κ1) is 23.4. The highest BCUT2D eigenvalue weighted by molar-refractivity contribution is 7.92. The number of hydrogen-bond donors (Lipinski definition) is 1. The molecule has 0 saturated carbocycles. The summed E-state index contributed by atoms with van der Waals surface area (Å²) in [6.45, 7) is 2.81. The Kier molecular flexibility index (Phi) is 7.27. The molecule has 0 aliphatic rings. The quantitative estimate of drug-likeness (QED) is 0.404. The van der Waals surface area contributed by atoms with Gasteiger partial charge in [0.25, 0.3) is 15.9 Å². The molecule has 3 aromatic rings. The van der Waals surface area contributed by atoms with Gasteiger partial charge in [-0.15, -0.1) is 0 Å². The summed E-state index contributed by atoms with van der Waals surface area (Å²) in [5.74, 6) is -1.03. The normalized spacial score (nSPS) is 11.8. The van der Waals surface area contributed by atoms with Crippen molar-refractivity contribution < 1.29 is 17.6 Å². The Morgan fingerprint density at radius 3 is 2.34 bits per heavy atom. The average molecular weight is 474 g/mol. The van der Waals surface area contributed by atoms with Crippen LogP contribution in [-0.2, 0) is 14.8 Å². The Morgan fingerprint density at radius 2 is 1.69 bits per heavy atom. The van der Waals surface area contributed by atoms with Crippen molar-refractivity contribution in [3.63, 3.8) is 0 Å². The molecular formula is C23H21ClFN3O3S. The standard InChI is InChI=1S/C23H21ClFN3O3S/c1-16-21(24)9-6-10-22(16)28(32(30,31)20-7-4-3-5-8-20)15-23(29)27-26-17(2)18-11-13-19(25)14-12-18/h3-14H,15H2,1-2H3,(H,27,29)/b26-17-. The van der Waals surface area contributed by atoms with Crippen LogP contribution in [0.2, 0.25) is 5.02 Å². The molecule has 0 aromatic heterocycles. The van der Waals surface area contributed by atoms with Crippen molar-refractivity contribution in [2.45, 2.75) is 18.7 Å². The van der Waals surface area contributed by atoms with Crippen LogP contribution < -0.4 is 9.73 Å². The second-order valence-electron chi connectivity index (χ2n) is 6.95. The van der Waals surface area contributed by atoms with Gasteiger partial charge in [-0.3, -0.25) is 9.10 Å². The number of nitrogens with one attached hydrogen (secondary N) is 1.